The maximum Gasteiger partial charge on any atom is 0.321 e. The summed E-state index contributed by atoms with van der Waals surface area (Å²) >= 11 is 0. The standard InChI is InChI=1S/C31H33N3O4/c1-4-37-30(36)27-28(23-14-16-24(17-15-23)38-20-22-10-6-5-7-11-22)34-26-13-9-8-12-25(26)32-31(34)33(29(27)35)19-18-21(2)3/h5-17,21,27-28H,4,18-20H2,1-3H3/t27-,28-/m0/s1. The number of benzene rings is 3. The second-order valence-corrected chi connectivity index (χ2v) is 9.96. The molecular weight excluding hydrogens is 478 g/mol. The molecule has 4 aromatic rings. The lowest BCUT2D eigenvalue weighted by molar-refractivity contribution is -0.153. The summed E-state index contributed by atoms with van der Waals surface area (Å²) < 4.78 is 13.5. The first-order valence-electron chi connectivity index (χ1n) is 13.2. The Hall–Kier alpha value is -4.13. The van der Waals surface area contributed by atoms with Crippen molar-refractivity contribution >= 4 is 28.9 Å². The summed E-state index contributed by atoms with van der Waals surface area (Å²) in [6.07, 6.45) is 0.794. The quantitative estimate of drug-likeness (QED) is 0.210. The first-order chi connectivity index (χ1) is 18.5. The van der Waals surface area contributed by atoms with E-state index in [4.69, 9.17) is 14.5 Å². The summed E-state index contributed by atoms with van der Waals surface area (Å²) in [5, 5.41) is 0. The zero-order valence-corrected chi connectivity index (χ0v) is 22.0. The summed E-state index contributed by atoms with van der Waals surface area (Å²) in [6.45, 7) is 7.12. The zero-order valence-electron chi connectivity index (χ0n) is 22.0. The first-order valence-corrected chi connectivity index (χ1v) is 13.2. The number of esters is 1. The third kappa shape index (κ3) is 5.01. The van der Waals surface area contributed by atoms with Crippen molar-refractivity contribution in [2.24, 2.45) is 11.8 Å². The number of rotatable bonds is 9. The van der Waals surface area contributed by atoms with Crippen LogP contribution in [0.25, 0.3) is 11.0 Å². The second kappa shape index (κ2) is 11.1. The Morgan fingerprint density at radius 3 is 2.39 bits per heavy atom. The minimum atomic E-state index is -1.02. The Morgan fingerprint density at radius 2 is 1.68 bits per heavy atom. The fourth-order valence-electron chi connectivity index (χ4n) is 4.95. The minimum Gasteiger partial charge on any atom is -0.489 e. The van der Waals surface area contributed by atoms with Crippen LogP contribution in [0.3, 0.4) is 0 Å². The molecule has 0 saturated heterocycles. The van der Waals surface area contributed by atoms with Crippen LogP contribution < -0.4 is 9.64 Å². The zero-order chi connectivity index (χ0) is 26.6. The van der Waals surface area contributed by atoms with E-state index in [9.17, 15) is 9.59 Å². The number of fused-ring (bicyclic) bond motifs is 3. The number of para-hydroxylation sites is 2. The molecule has 1 aliphatic heterocycles. The van der Waals surface area contributed by atoms with Gasteiger partial charge in [0.25, 0.3) is 0 Å². The molecule has 2 heterocycles. The van der Waals surface area contributed by atoms with Crippen molar-refractivity contribution in [3.05, 3.63) is 90.0 Å². The molecule has 0 saturated carbocycles. The number of hydrogen-bond acceptors (Lipinski definition) is 5. The molecule has 7 nitrogen and oxygen atoms in total. The van der Waals surface area contributed by atoms with Gasteiger partial charge in [-0.3, -0.25) is 14.5 Å². The molecule has 5 rings (SSSR count). The average molecular weight is 512 g/mol. The Morgan fingerprint density at radius 1 is 0.974 bits per heavy atom. The SMILES string of the molecule is CCOC(=O)[C@@H]1C(=O)N(CCC(C)C)c2nc3ccccc3n2[C@H]1c1ccc(OCc2ccccc2)cc1. The summed E-state index contributed by atoms with van der Waals surface area (Å²) in [7, 11) is 0. The molecule has 0 unspecified atom stereocenters. The number of carbonyl (C=O) groups is 2. The number of hydrogen-bond donors (Lipinski definition) is 0. The fraction of sp³-hybridized carbons (Fsp3) is 0.323. The summed E-state index contributed by atoms with van der Waals surface area (Å²) in [5.41, 5.74) is 3.54. The van der Waals surface area contributed by atoms with E-state index in [-0.39, 0.29) is 12.5 Å². The van der Waals surface area contributed by atoms with Crippen LogP contribution in [-0.2, 0) is 20.9 Å². The van der Waals surface area contributed by atoms with Crippen molar-refractivity contribution in [1.82, 2.24) is 9.55 Å². The van der Waals surface area contributed by atoms with Crippen LogP contribution in [-0.4, -0.2) is 34.6 Å². The van der Waals surface area contributed by atoms with Gasteiger partial charge >= 0.3 is 5.97 Å². The highest BCUT2D eigenvalue weighted by molar-refractivity contribution is 6.08. The van der Waals surface area contributed by atoms with Gasteiger partial charge in [-0.05, 0) is 54.7 Å². The van der Waals surface area contributed by atoms with Crippen LogP contribution in [0.1, 0.15) is 44.4 Å². The maximum atomic E-state index is 14.0. The lowest BCUT2D eigenvalue weighted by Crippen LogP contribution is -2.50. The molecule has 3 aromatic carbocycles. The van der Waals surface area contributed by atoms with Crippen molar-refractivity contribution in [2.45, 2.75) is 39.8 Å². The maximum absolute atomic E-state index is 14.0. The van der Waals surface area contributed by atoms with Gasteiger partial charge in [-0.1, -0.05) is 68.4 Å². The molecule has 196 valence electrons. The molecule has 7 heteroatoms. The molecule has 0 radical (unpaired) electrons. The molecular formula is C31H33N3O4. The monoisotopic (exact) mass is 511 g/mol. The third-order valence-electron chi connectivity index (χ3n) is 6.89. The Kier molecular flexibility index (Phi) is 7.45. The number of aromatic nitrogens is 2. The second-order valence-electron chi connectivity index (χ2n) is 9.96. The molecule has 0 fully saturated rings. The van der Waals surface area contributed by atoms with Gasteiger partial charge in [-0.15, -0.1) is 0 Å². The highest BCUT2D eigenvalue weighted by Crippen LogP contribution is 2.41. The van der Waals surface area contributed by atoms with Gasteiger partial charge in [-0.25, -0.2) is 4.98 Å². The molecule has 1 aromatic heterocycles. The Balaban J connectivity index is 1.56. The Labute approximate surface area is 223 Å². The van der Waals surface area contributed by atoms with Crippen molar-refractivity contribution in [3.8, 4) is 5.75 Å². The lowest BCUT2D eigenvalue weighted by atomic mass is 9.89. The number of amides is 1. The highest BCUT2D eigenvalue weighted by atomic mass is 16.5. The molecule has 0 spiro atoms. The van der Waals surface area contributed by atoms with Crippen LogP contribution in [0.2, 0.25) is 0 Å². The van der Waals surface area contributed by atoms with E-state index >= 15 is 0 Å². The summed E-state index contributed by atoms with van der Waals surface area (Å²) in [6, 6.07) is 24.8. The number of imidazole rings is 1. The van der Waals surface area contributed by atoms with E-state index < -0.39 is 17.9 Å². The Bertz CT molecular complexity index is 1410. The normalized spacial score (nSPS) is 17.1. The number of nitrogens with zero attached hydrogens (tertiary/aromatic N) is 3. The van der Waals surface area contributed by atoms with E-state index in [0.717, 1.165) is 28.6 Å². The van der Waals surface area contributed by atoms with Gasteiger partial charge in [0.1, 0.15) is 12.4 Å². The topological polar surface area (TPSA) is 73.7 Å². The van der Waals surface area contributed by atoms with Gasteiger partial charge in [0.05, 0.1) is 23.7 Å². The smallest absolute Gasteiger partial charge is 0.321 e. The summed E-state index contributed by atoms with van der Waals surface area (Å²) in [5.74, 6) is -0.161. The van der Waals surface area contributed by atoms with Gasteiger partial charge in [-0.2, -0.15) is 0 Å². The molecule has 38 heavy (non-hydrogen) atoms. The van der Waals surface area contributed by atoms with Crippen molar-refractivity contribution < 1.29 is 19.1 Å². The van der Waals surface area contributed by atoms with Crippen molar-refractivity contribution in [3.63, 3.8) is 0 Å². The van der Waals surface area contributed by atoms with Gasteiger partial charge in [0, 0.05) is 6.54 Å². The van der Waals surface area contributed by atoms with E-state index in [1.54, 1.807) is 11.8 Å². The van der Waals surface area contributed by atoms with E-state index in [2.05, 4.69) is 13.8 Å². The fourth-order valence-corrected chi connectivity index (χ4v) is 4.95. The van der Waals surface area contributed by atoms with Crippen LogP contribution >= 0.6 is 0 Å². The van der Waals surface area contributed by atoms with Gasteiger partial charge < -0.3 is 14.0 Å². The van der Waals surface area contributed by atoms with Crippen molar-refractivity contribution in [2.75, 3.05) is 18.1 Å². The van der Waals surface area contributed by atoms with Gasteiger partial charge in [0.2, 0.25) is 11.9 Å². The molecule has 0 N–H and O–H groups in total. The predicted octanol–water partition coefficient (Wildman–Crippen LogP) is 5.78. The van der Waals surface area contributed by atoms with E-state index in [1.165, 1.54) is 0 Å². The van der Waals surface area contributed by atoms with Crippen LogP contribution in [0.5, 0.6) is 5.75 Å². The van der Waals surface area contributed by atoms with Crippen LogP contribution in [0, 0.1) is 11.8 Å². The summed E-state index contributed by atoms with van der Waals surface area (Å²) in [4.78, 5) is 33.8. The molecule has 2 atom stereocenters. The predicted molar refractivity (Wildman–Crippen MR) is 147 cm³/mol. The molecule has 0 bridgehead atoms. The van der Waals surface area contributed by atoms with Gasteiger partial charge in [0.15, 0.2) is 5.92 Å². The number of carbonyl (C=O) groups excluding carboxylic acids is 2. The van der Waals surface area contributed by atoms with E-state index in [1.807, 2.05) is 83.4 Å². The third-order valence-corrected chi connectivity index (χ3v) is 6.89. The van der Waals surface area contributed by atoms with Crippen LogP contribution in [0.4, 0.5) is 5.95 Å². The van der Waals surface area contributed by atoms with E-state index in [0.29, 0.717) is 30.8 Å². The highest BCUT2D eigenvalue weighted by Gasteiger charge is 2.47. The number of ether oxygens (including phenoxy) is 2. The van der Waals surface area contributed by atoms with Crippen molar-refractivity contribution in [1.29, 1.82) is 0 Å². The average Bonchev–Trinajstić information content (AvgIpc) is 3.31. The molecule has 1 amide bonds. The largest absolute Gasteiger partial charge is 0.489 e. The molecule has 1 aliphatic rings. The number of anilines is 1. The molecule has 0 aliphatic carbocycles. The van der Waals surface area contributed by atoms with Crippen LogP contribution in [0.15, 0.2) is 78.9 Å². The lowest BCUT2D eigenvalue weighted by Gasteiger charge is -2.38. The minimum absolute atomic E-state index is 0.200. The first kappa shape index (κ1) is 25.5.